The SMILES string of the molecule is CCOc1cccc(C=C2CCn3c2nc2cc(NC(=O)C(=O)O)ccc2c3=O)c1OC. The van der Waals surface area contributed by atoms with Crippen molar-refractivity contribution in [2.75, 3.05) is 19.0 Å². The van der Waals surface area contributed by atoms with E-state index < -0.39 is 11.9 Å². The van der Waals surface area contributed by atoms with E-state index in [0.717, 1.165) is 11.1 Å². The molecular weight excluding hydrogens is 414 g/mol. The van der Waals surface area contributed by atoms with E-state index in [1.54, 1.807) is 11.7 Å². The largest absolute Gasteiger partial charge is 0.492 e. The highest BCUT2D eigenvalue weighted by atomic mass is 16.5. The van der Waals surface area contributed by atoms with Crippen LogP contribution in [-0.2, 0) is 16.1 Å². The van der Waals surface area contributed by atoms with E-state index in [-0.39, 0.29) is 11.2 Å². The lowest BCUT2D eigenvalue weighted by Crippen LogP contribution is -2.23. The van der Waals surface area contributed by atoms with Gasteiger partial charge in [-0.05, 0) is 49.3 Å². The van der Waals surface area contributed by atoms with Crippen molar-refractivity contribution in [2.24, 2.45) is 0 Å². The minimum Gasteiger partial charge on any atom is -0.492 e. The number of aromatic nitrogens is 2. The Labute approximate surface area is 182 Å². The maximum Gasteiger partial charge on any atom is 0.394 e. The number of benzene rings is 2. The fraction of sp³-hybridized carbons (Fsp3) is 0.217. The van der Waals surface area contributed by atoms with Gasteiger partial charge in [0.1, 0.15) is 5.82 Å². The number of allylic oxidation sites excluding steroid dienone is 1. The fourth-order valence-corrected chi connectivity index (χ4v) is 3.74. The van der Waals surface area contributed by atoms with Crippen LogP contribution in [0, 0.1) is 0 Å². The molecule has 9 heteroatoms. The molecule has 32 heavy (non-hydrogen) atoms. The van der Waals surface area contributed by atoms with Gasteiger partial charge in [-0.15, -0.1) is 0 Å². The molecule has 1 aliphatic rings. The molecule has 4 rings (SSSR count). The molecule has 1 aromatic heterocycles. The molecule has 0 aliphatic carbocycles. The Balaban J connectivity index is 1.80. The number of amides is 1. The molecule has 2 aromatic carbocycles. The lowest BCUT2D eigenvalue weighted by Gasteiger charge is -2.12. The number of hydrogen-bond donors (Lipinski definition) is 2. The molecule has 2 N–H and O–H groups in total. The average molecular weight is 435 g/mol. The van der Waals surface area contributed by atoms with Gasteiger partial charge in [0.05, 0.1) is 24.6 Å². The lowest BCUT2D eigenvalue weighted by molar-refractivity contribution is -0.147. The Morgan fingerprint density at radius 2 is 2.09 bits per heavy atom. The van der Waals surface area contributed by atoms with Gasteiger partial charge in [0.25, 0.3) is 5.56 Å². The number of aliphatic carboxylic acids is 1. The van der Waals surface area contributed by atoms with Gasteiger partial charge in [0, 0.05) is 17.8 Å². The summed E-state index contributed by atoms with van der Waals surface area (Å²) in [6.45, 7) is 2.89. The van der Waals surface area contributed by atoms with Gasteiger partial charge in [-0.3, -0.25) is 14.2 Å². The molecule has 0 unspecified atom stereocenters. The Hall–Kier alpha value is -4.14. The van der Waals surface area contributed by atoms with Crippen molar-refractivity contribution >= 4 is 40.1 Å². The number of rotatable bonds is 5. The van der Waals surface area contributed by atoms with E-state index in [1.165, 1.54) is 18.2 Å². The van der Waals surface area contributed by atoms with Gasteiger partial charge in [-0.2, -0.15) is 0 Å². The minimum atomic E-state index is -1.60. The number of carboxylic acids is 1. The van der Waals surface area contributed by atoms with Crippen LogP contribution in [0.3, 0.4) is 0 Å². The number of carbonyl (C=O) groups is 2. The van der Waals surface area contributed by atoms with Crippen molar-refractivity contribution in [3.05, 3.63) is 58.1 Å². The molecule has 0 bridgehead atoms. The van der Waals surface area contributed by atoms with Gasteiger partial charge in [-0.1, -0.05) is 12.1 Å². The van der Waals surface area contributed by atoms with Crippen LogP contribution in [0.25, 0.3) is 22.6 Å². The Kier molecular flexibility index (Phi) is 5.63. The summed E-state index contributed by atoms with van der Waals surface area (Å²) in [6.07, 6.45) is 2.54. The number of methoxy groups -OCH3 is 1. The summed E-state index contributed by atoms with van der Waals surface area (Å²) in [5, 5.41) is 11.5. The Morgan fingerprint density at radius 1 is 1.28 bits per heavy atom. The predicted molar refractivity (Wildman–Crippen MR) is 119 cm³/mol. The molecule has 0 radical (unpaired) electrons. The third kappa shape index (κ3) is 3.80. The van der Waals surface area contributed by atoms with E-state index in [1.807, 2.05) is 31.2 Å². The van der Waals surface area contributed by atoms with E-state index in [4.69, 9.17) is 14.6 Å². The van der Waals surface area contributed by atoms with Crippen LogP contribution < -0.4 is 20.3 Å². The van der Waals surface area contributed by atoms with Crippen LogP contribution >= 0.6 is 0 Å². The zero-order valence-electron chi connectivity index (χ0n) is 17.5. The van der Waals surface area contributed by atoms with E-state index >= 15 is 0 Å². The highest BCUT2D eigenvalue weighted by Crippen LogP contribution is 2.35. The summed E-state index contributed by atoms with van der Waals surface area (Å²) >= 11 is 0. The maximum absolute atomic E-state index is 13.0. The number of fused-ring (bicyclic) bond motifs is 2. The maximum atomic E-state index is 13.0. The first-order valence-electron chi connectivity index (χ1n) is 10.0. The molecule has 0 saturated heterocycles. The normalized spacial score (nSPS) is 13.8. The first-order chi connectivity index (χ1) is 15.4. The third-order valence-corrected chi connectivity index (χ3v) is 5.14. The van der Waals surface area contributed by atoms with Gasteiger partial charge in [-0.25, -0.2) is 9.78 Å². The number of ether oxygens (including phenoxy) is 2. The molecule has 9 nitrogen and oxygen atoms in total. The predicted octanol–water partition coefficient (Wildman–Crippen LogP) is 2.77. The fourth-order valence-electron chi connectivity index (χ4n) is 3.74. The van der Waals surface area contributed by atoms with E-state index in [9.17, 15) is 14.4 Å². The molecule has 3 aromatic rings. The highest BCUT2D eigenvalue weighted by molar-refractivity contribution is 6.36. The quantitative estimate of drug-likeness (QED) is 0.591. The molecule has 0 fully saturated rings. The second-order valence-corrected chi connectivity index (χ2v) is 7.11. The second-order valence-electron chi connectivity index (χ2n) is 7.11. The molecule has 1 aliphatic heterocycles. The van der Waals surface area contributed by atoms with Crippen molar-refractivity contribution in [1.29, 1.82) is 0 Å². The van der Waals surface area contributed by atoms with Crippen LogP contribution in [0.15, 0.2) is 41.2 Å². The zero-order chi connectivity index (χ0) is 22.8. The van der Waals surface area contributed by atoms with Gasteiger partial charge >= 0.3 is 11.9 Å². The molecule has 0 saturated carbocycles. The standard InChI is InChI=1S/C23H21N3O6/c1-3-32-18-6-4-5-13(19(18)31-2)11-14-9-10-26-20(14)25-17-12-15(24-21(27)23(29)30)7-8-16(17)22(26)28/h4-8,11-12H,3,9-10H2,1-2H3,(H,24,27)(H,29,30). The van der Waals surface area contributed by atoms with Crippen LogP contribution in [0.2, 0.25) is 0 Å². The van der Waals surface area contributed by atoms with E-state index in [0.29, 0.717) is 47.8 Å². The highest BCUT2D eigenvalue weighted by Gasteiger charge is 2.22. The van der Waals surface area contributed by atoms with Crippen molar-refractivity contribution in [2.45, 2.75) is 19.9 Å². The summed E-state index contributed by atoms with van der Waals surface area (Å²) < 4.78 is 12.8. The topological polar surface area (TPSA) is 120 Å². The van der Waals surface area contributed by atoms with Crippen molar-refractivity contribution in [3.8, 4) is 11.5 Å². The first kappa shape index (κ1) is 21.1. The average Bonchev–Trinajstić information content (AvgIpc) is 3.17. The molecule has 0 spiro atoms. The van der Waals surface area contributed by atoms with Crippen LogP contribution in [-0.4, -0.2) is 40.3 Å². The molecule has 164 valence electrons. The number of para-hydroxylation sites is 1. The van der Waals surface area contributed by atoms with Crippen LogP contribution in [0.4, 0.5) is 5.69 Å². The molecule has 0 atom stereocenters. The molecular formula is C23H21N3O6. The summed E-state index contributed by atoms with van der Waals surface area (Å²) in [4.78, 5) is 39.9. The summed E-state index contributed by atoms with van der Waals surface area (Å²) in [5.41, 5.74) is 2.08. The third-order valence-electron chi connectivity index (χ3n) is 5.14. The van der Waals surface area contributed by atoms with E-state index in [2.05, 4.69) is 10.3 Å². The summed E-state index contributed by atoms with van der Waals surface area (Å²) in [7, 11) is 1.58. The number of carboxylic acid groups (broad SMARTS) is 1. The second kappa shape index (κ2) is 8.54. The Bertz CT molecular complexity index is 1330. The van der Waals surface area contributed by atoms with Crippen LogP contribution in [0.1, 0.15) is 24.7 Å². The van der Waals surface area contributed by atoms with Crippen LogP contribution in [0.5, 0.6) is 11.5 Å². The monoisotopic (exact) mass is 435 g/mol. The van der Waals surface area contributed by atoms with Crippen molar-refractivity contribution < 1.29 is 24.2 Å². The van der Waals surface area contributed by atoms with Crippen molar-refractivity contribution in [1.82, 2.24) is 9.55 Å². The molecule has 2 heterocycles. The smallest absolute Gasteiger partial charge is 0.394 e. The summed E-state index contributed by atoms with van der Waals surface area (Å²) in [6, 6.07) is 10.1. The lowest BCUT2D eigenvalue weighted by atomic mass is 10.1. The van der Waals surface area contributed by atoms with Gasteiger partial charge < -0.3 is 19.9 Å². The number of nitrogens with one attached hydrogen (secondary N) is 1. The van der Waals surface area contributed by atoms with Crippen molar-refractivity contribution in [3.63, 3.8) is 0 Å². The summed E-state index contributed by atoms with van der Waals surface area (Å²) in [5.74, 6) is -1.01. The number of anilines is 1. The van der Waals surface area contributed by atoms with Gasteiger partial charge in [0.15, 0.2) is 11.5 Å². The first-order valence-corrected chi connectivity index (χ1v) is 10.0. The zero-order valence-corrected chi connectivity index (χ0v) is 17.5. The number of hydrogen-bond acceptors (Lipinski definition) is 6. The minimum absolute atomic E-state index is 0.195. The van der Waals surface area contributed by atoms with Gasteiger partial charge in [0.2, 0.25) is 0 Å². The molecule has 1 amide bonds. The number of nitrogens with zero attached hydrogens (tertiary/aromatic N) is 2. The number of carbonyl (C=O) groups excluding carboxylic acids is 1. The Morgan fingerprint density at radius 3 is 2.81 bits per heavy atom.